The summed E-state index contributed by atoms with van der Waals surface area (Å²) in [6.45, 7) is 2.15. The van der Waals surface area contributed by atoms with E-state index in [4.69, 9.17) is 4.74 Å². The quantitative estimate of drug-likeness (QED) is 0.667. The van der Waals surface area contributed by atoms with Crippen molar-refractivity contribution in [3.63, 3.8) is 0 Å². The fourth-order valence-corrected chi connectivity index (χ4v) is 1.70. The molecule has 1 nitrogen and oxygen atoms in total. The highest BCUT2D eigenvalue weighted by Crippen LogP contribution is 2.21. The minimum absolute atomic E-state index is 0.871. The molecule has 0 heterocycles. The van der Waals surface area contributed by atoms with Gasteiger partial charge in [0.2, 0.25) is 0 Å². The third-order valence-corrected chi connectivity index (χ3v) is 2.66. The summed E-state index contributed by atoms with van der Waals surface area (Å²) < 4.78 is 5.74. The van der Waals surface area contributed by atoms with Gasteiger partial charge in [-0.15, -0.1) is 0 Å². The molecule has 0 unspecified atom stereocenters. The molecule has 0 fully saturated rings. The van der Waals surface area contributed by atoms with E-state index in [-0.39, 0.29) is 0 Å². The summed E-state index contributed by atoms with van der Waals surface area (Å²) in [7, 11) is 0. The van der Waals surface area contributed by atoms with Crippen LogP contribution in [0.4, 0.5) is 0 Å². The average molecular weight is 238 g/mol. The van der Waals surface area contributed by atoms with E-state index in [0.29, 0.717) is 0 Å². The van der Waals surface area contributed by atoms with E-state index in [2.05, 4.69) is 31.2 Å². The maximum absolute atomic E-state index is 5.74. The second-order valence-electron chi connectivity index (χ2n) is 4.14. The zero-order valence-corrected chi connectivity index (χ0v) is 10.7. The molecule has 0 amide bonds. The van der Waals surface area contributed by atoms with Crippen LogP contribution in [0.1, 0.15) is 18.9 Å². The third kappa shape index (κ3) is 3.77. The monoisotopic (exact) mass is 238 g/mol. The van der Waals surface area contributed by atoms with Crippen LogP contribution in [0.25, 0.3) is 0 Å². The molecule has 1 heteroatoms. The van der Waals surface area contributed by atoms with Gasteiger partial charge >= 0.3 is 0 Å². The van der Waals surface area contributed by atoms with E-state index in [0.717, 1.165) is 24.3 Å². The van der Waals surface area contributed by atoms with Gasteiger partial charge < -0.3 is 4.74 Å². The number of hydrogen-bond donors (Lipinski definition) is 0. The zero-order valence-electron chi connectivity index (χ0n) is 10.7. The van der Waals surface area contributed by atoms with E-state index in [1.165, 1.54) is 5.56 Å². The normalized spacial score (nSPS) is 10.7. The molecule has 0 radical (unpaired) electrons. The largest absolute Gasteiger partial charge is 0.457 e. The summed E-state index contributed by atoms with van der Waals surface area (Å²) >= 11 is 0. The van der Waals surface area contributed by atoms with Crippen LogP contribution in [0.5, 0.6) is 11.5 Å². The fourth-order valence-electron chi connectivity index (χ4n) is 1.70. The van der Waals surface area contributed by atoms with Gasteiger partial charge in [0.05, 0.1) is 0 Å². The van der Waals surface area contributed by atoms with Crippen molar-refractivity contribution < 1.29 is 4.74 Å². The van der Waals surface area contributed by atoms with Crippen LogP contribution in [0.15, 0.2) is 66.7 Å². The number of benzene rings is 2. The molecule has 0 saturated heterocycles. The Morgan fingerprint density at radius 2 is 1.50 bits per heavy atom. The molecule has 0 N–H and O–H groups in total. The lowest BCUT2D eigenvalue weighted by molar-refractivity contribution is 0.482. The van der Waals surface area contributed by atoms with Crippen LogP contribution in [0.2, 0.25) is 0 Å². The van der Waals surface area contributed by atoms with Crippen molar-refractivity contribution in [2.75, 3.05) is 0 Å². The molecule has 92 valence electrons. The van der Waals surface area contributed by atoms with E-state index in [9.17, 15) is 0 Å². The van der Waals surface area contributed by atoms with E-state index >= 15 is 0 Å². The van der Waals surface area contributed by atoms with Crippen molar-refractivity contribution in [1.82, 2.24) is 0 Å². The van der Waals surface area contributed by atoms with Gasteiger partial charge in [0, 0.05) is 0 Å². The molecule has 0 aliphatic heterocycles. The van der Waals surface area contributed by atoms with Crippen LogP contribution in [0.3, 0.4) is 0 Å². The molecule has 0 spiro atoms. The molecule has 0 bridgehead atoms. The molecule has 0 aliphatic rings. The number of rotatable bonds is 5. The van der Waals surface area contributed by atoms with Crippen LogP contribution in [-0.2, 0) is 6.42 Å². The Labute approximate surface area is 109 Å². The Hall–Kier alpha value is -2.02. The number of ether oxygens (including phenoxy) is 1. The summed E-state index contributed by atoms with van der Waals surface area (Å²) in [4.78, 5) is 0. The molecule has 0 aliphatic carbocycles. The summed E-state index contributed by atoms with van der Waals surface area (Å²) in [5.74, 6) is 1.75. The third-order valence-electron chi connectivity index (χ3n) is 2.66. The predicted octanol–water partition coefficient (Wildman–Crippen LogP) is 4.99. The van der Waals surface area contributed by atoms with Crippen LogP contribution in [-0.4, -0.2) is 0 Å². The first-order valence-corrected chi connectivity index (χ1v) is 6.35. The maximum atomic E-state index is 5.74. The summed E-state index contributed by atoms with van der Waals surface area (Å²) in [5.41, 5.74) is 1.31. The van der Waals surface area contributed by atoms with Gasteiger partial charge in [0.1, 0.15) is 11.5 Å². The van der Waals surface area contributed by atoms with Crippen LogP contribution in [0, 0.1) is 0 Å². The zero-order chi connectivity index (χ0) is 12.6. The second-order valence-corrected chi connectivity index (χ2v) is 4.14. The Bertz CT molecular complexity index is 483. The highest BCUT2D eigenvalue weighted by atomic mass is 16.5. The Morgan fingerprint density at radius 1 is 0.833 bits per heavy atom. The first kappa shape index (κ1) is 12.4. The molecule has 0 atom stereocenters. The molecule has 2 aromatic rings. The van der Waals surface area contributed by atoms with Gasteiger partial charge in [0.15, 0.2) is 0 Å². The van der Waals surface area contributed by atoms with Gasteiger partial charge in [0.25, 0.3) is 0 Å². The number of para-hydroxylation sites is 1. The van der Waals surface area contributed by atoms with E-state index in [1.807, 2.05) is 42.5 Å². The van der Waals surface area contributed by atoms with Crippen molar-refractivity contribution in [2.24, 2.45) is 0 Å². The fraction of sp³-hybridized carbons (Fsp3) is 0.176. The second kappa shape index (κ2) is 6.65. The molecule has 2 aromatic carbocycles. The van der Waals surface area contributed by atoms with Gasteiger partial charge in [-0.2, -0.15) is 0 Å². The molecule has 0 aromatic heterocycles. The molecule has 0 saturated carbocycles. The average Bonchev–Trinajstić information content (AvgIpc) is 2.42. The van der Waals surface area contributed by atoms with E-state index < -0.39 is 0 Å². The molecular weight excluding hydrogens is 220 g/mol. The van der Waals surface area contributed by atoms with Crippen molar-refractivity contribution in [3.05, 3.63) is 72.3 Å². The SMILES string of the molecule is CCC=CCc1ccc(Oc2ccccc2)cc1. The standard InChI is InChI=1S/C17H18O/c1-2-3-5-8-15-11-13-17(14-12-15)18-16-9-6-4-7-10-16/h3-7,9-14H,2,8H2,1H3. The highest BCUT2D eigenvalue weighted by molar-refractivity contribution is 5.33. The minimum Gasteiger partial charge on any atom is -0.457 e. The Balaban J connectivity index is 1.97. The lowest BCUT2D eigenvalue weighted by Crippen LogP contribution is -1.85. The van der Waals surface area contributed by atoms with Crippen molar-refractivity contribution in [3.8, 4) is 11.5 Å². The maximum Gasteiger partial charge on any atom is 0.127 e. The van der Waals surface area contributed by atoms with Crippen LogP contribution < -0.4 is 4.74 Å². The van der Waals surface area contributed by atoms with Crippen LogP contribution >= 0.6 is 0 Å². The molecule has 18 heavy (non-hydrogen) atoms. The lowest BCUT2D eigenvalue weighted by atomic mass is 10.1. The van der Waals surface area contributed by atoms with Gasteiger partial charge in [-0.05, 0) is 42.7 Å². The Kier molecular flexibility index (Phi) is 4.60. The Morgan fingerprint density at radius 3 is 2.17 bits per heavy atom. The topological polar surface area (TPSA) is 9.23 Å². The van der Waals surface area contributed by atoms with Gasteiger partial charge in [-0.1, -0.05) is 49.4 Å². The van der Waals surface area contributed by atoms with Gasteiger partial charge in [-0.25, -0.2) is 0 Å². The van der Waals surface area contributed by atoms with E-state index in [1.54, 1.807) is 0 Å². The predicted molar refractivity (Wildman–Crippen MR) is 76.1 cm³/mol. The first-order valence-electron chi connectivity index (χ1n) is 6.35. The van der Waals surface area contributed by atoms with Crippen molar-refractivity contribution in [2.45, 2.75) is 19.8 Å². The summed E-state index contributed by atoms with van der Waals surface area (Å²) in [5, 5.41) is 0. The molecular formula is C17H18O. The smallest absolute Gasteiger partial charge is 0.127 e. The number of hydrogen-bond acceptors (Lipinski definition) is 1. The summed E-state index contributed by atoms with van der Waals surface area (Å²) in [6, 6.07) is 18.1. The highest BCUT2D eigenvalue weighted by Gasteiger charge is 1.96. The van der Waals surface area contributed by atoms with Crippen molar-refractivity contribution in [1.29, 1.82) is 0 Å². The first-order chi connectivity index (χ1) is 8.88. The minimum atomic E-state index is 0.871. The van der Waals surface area contributed by atoms with Gasteiger partial charge in [-0.3, -0.25) is 0 Å². The lowest BCUT2D eigenvalue weighted by Gasteiger charge is -2.05. The molecule has 2 rings (SSSR count). The summed E-state index contributed by atoms with van der Waals surface area (Å²) in [6.07, 6.45) is 6.47. The number of allylic oxidation sites excluding steroid dienone is 2. The van der Waals surface area contributed by atoms with Crippen molar-refractivity contribution >= 4 is 0 Å².